The molecule has 0 aliphatic carbocycles. The number of anilines is 1. The van der Waals surface area contributed by atoms with E-state index in [1.54, 1.807) is 18.2 Å². The first kappa shape index (κ1) is 17.0. The first-order valence-electron chi connectivity index (χ1n) is 7.92. The average molecular weight is 314 g/mol. The summed E-state index contributed by atoms with van der Waals surface area (Å²) in [5.41, 5.74) is 2.83. The van der Waals surface area contributed by atoms with Crippen molar-refractivity contribution in [3.63, 3.8) is 0 Å². The molecule has 1 N–H and O–H groups in total. The van der Waals surface area contributed by atoms with E-state index < -0.39 is 0 Å². The second kappa shape index (κ2) is 8.32. The van der Waals surface area contributed by atoms with Crippen LogP contribution in [0.3, 0.4) is 0 Å². The third-order valence-electron chi connectivity index (χ3n) is 3.76. The van der Waals surface area contributed by atoms with Crippen LogP contribution in [0.1, 0.15) is 18.1 Å². The molecular formula is C19H23FN2O. The lowest BCUT2D eigenvalue weighted by atomic mass is 10.1. The van der Waals surface area contributed by atoms with Crippen LogP contribution in [0.5, 0.6) is 0 Å². The van der Waals surface area contributed by atoms with Crippen LogP contribution in [0.15, 0.2) is 48.5 Å². The highest BCUT2D eigenvalue weighted by Crippen LogP contribution is 2.15. The van der Waals surface area contributed by atoms with Crippen LogP contribution in [0.2, 0.25) is 0 Å². The van der Waals surface area contributed by atoms with Gasteiger partial charge in [-0.3, -0.25) is 4.79 Å². The summed E-state index contributed by atoms with van der Waals surface area (Å²) in [7, 11) is 0. The van der Waals surface area contributed by atoms with Crippen molar-refractivity contribution in [3.05, 3.63) is 65.5 Å². The number of carbonyl (C=O) groups is 1. The number of benzene rings is 2. The minimum Gasteiger partial charge on any atom is -0.362 e. The molecule has 0 aliphatic rings. The van der Waals surface area contributed by atoms with Crippen LogP contribution in [-0.4, -0.2) is 25.5 Å². The highest BCUT2D eigenvalue weighted by molar-refractivity contribution is 5.81. The Balaban J connectivity index is 1.85. The lowest BCUT2D eigenvalue weighted by Gasteiger charge is -2.23. The molecule has 2 aromatic rings. The molecule has 0 saturated heterocycles. The number of nitrogens with one attached hydrogen (secondary N) is 1. The van der Waals surface area contributed by atoms with Crippen molar-refractivity contribution < 1.29 is 9.18 Å². The van der Waals surface area contributed by atoms with Gasteiger partial charge in [0.1, 0.15) is 5.82 Å². The molecule has 2 rings (SSSR count). The Hall–Kier alpha value is -2.36. The zero-order valence-electron chi connectivity index (χ0n) is 13.7. The fourth-order valence-corrected chi connectivity index (χ4v) is 2.48. The van der Waals surface area contributed by atoms with E-state index in [1.807, 2.05) is 36.9 Å². The quantitative estimate of drug-likeness (QED) is 0.850. The summed E-state index contributed by atoms with van der Waals surface area (Å²) < 4.78 is 13.5. The highest BCUT2D eigenvalue weighted by atomic mass is 19.1. The molecule has 122 valence electrons. The zero-order chi connectivity index (χ0) is 16.7. The van der Waals surface area contributed by atoms with Crippen LogP contribution in [0, 0.1) is 12.7 Å². The highest BCUT2D eigenvalue weighted by Gasteiger charge is 2.10. The average Bonchev–Trinajstić information content (AvgIpc) is 2.54. The van der Waals surface area contributed by atoms with Crippen molar-refractivity contribution in [2.75, 3.05) is 24.5 Å². The standard InChI is InChI=1S/C19H23FN2O/c1-3-22(17-9-6-7-15(2)13-17)14-19(23)21-12-11-16-8-4-5-10-18(16)20/h4-10,13H,3,11-12,14H2,1-2H3,(H,21,23). The van der Waals surface area contributed by atoms with Gasteiger partial charge in [0.25, 0.3) is 0 Å². The number of amides is 1. The first-order valence-corrected chi connectivity index (χ1v) is 7.92. The first-order chi connectivity index (χ1) is 11.1. The molecule has 23 heavy (non-hydrogen) atoms. The van der Waals surface area contributed by atoms with Crippen LogP contribution < -0.4 is 10.2 Å². The van der Waals surface area contributed by atoms with Gasteiger partial charge in [-0.1, -0.05) is 30.3 Å². The zero-order valence-corrected chi connectivity index (χ0v) is 13.7. The molecule has 0 heterocycles. The predicted octanol–water partition coefficient (Wildman–Crippen LogP) is 3.32. The maximum atomic E-state index is 13.5. The van der Waals surface area contributed by atoms with Crippen LogP contribution >= 0.6 is 0 Å². The lowest BCUT2D eigenvalue weighted by Crippen LogP contribution is -2.38. The second-order valence-corrected chi connectivity index (χ2v) is 5.54. The molecule has 0 atom stereocenters. The summed E-state index contributed by atoms with van der Waals surface area (Å²) in [6.45, 7) is 5.55. The van der Waals surface area contributed by atoms with Gasteiger partial charge in [0, 0.05) is 18.8 Å². The summed E-state index contributed by atoms with van der Waals surface area (Å²) >= 11 is 0. The smallest absolute Gasteiger partial charge is 0.239 e. The van der Waals surface area contributed by atoms with Gasteiger partial charge in [-0.15, -0.1) is 0 Å². The molecule has 0 aromatic heterocycles. The van der Waals surface area contributed by atoms with E-state index in [0.717, 1.165) is 12.2 Å². The Bertz CT molecular complexity index is 657. The molecule has 0 spiro atoms. The maximum Gasteiger partial charge on any atom is 0.239 e. The number of rotatable bonds is 7. The molecule has 0 bridgehead atoms. The fraction of sp³-hybridized carbons (Fsp3) is 0.316. The molecule has 0 unspecified atom stereocenters. The van der Waals surface area contributed by atoms with Gasteiger partial charge in [0.15, 0.2) is 0 Å². The molecule has 1 amide bonds. The normalized spacial score (nSPS) is 10.4. The fourth-order valence-electron chi connectivity index (χ4n) is 2.48. The van der Waals surface area contributed by atoms with Gasteiger partial charge in [0.05, 0.1) is 6.54 Å². The van der Waals surface area contributed by atoms with Gasteiger partial charge >= 0.3 is 0 Å². The number of hydrogen-bond acceptors (Lipinski definition) is 2. The van der Waals surface area contributed by atoms with E-state index in [9.17, 15) is 9.18 Å². The van der Waals surface area contributed by atoms with Crippen molar-refractivity contribution >= 4 is 11.6 Å². The van der Waals surface area contributed by atoms with Gasteiger partial charge in [-0.2, -0.15) is 0 Å². The van der Waals surface area contributed by atoms with Crippen molar-refractivity contribution in [1.29, 1.82) is 0 Å². The van der Waals surface area contributed by atoms with E-state index in [0.29, 0.717) is 25.1 Å². The van der Waals surface area contributed by atoms with E-state index in [1.165, 1.54) is 11.6 Å². The number of halogens is 1. The van der Waals surface area contributed by atoms with E-state index in [-0.39, 0.29) is 11.7 Å². The summed E-state index contributed by atoms with van der Waals surface area (Å²) in [6, 6.07) is 14.7. The predicted molar refractivity (Wildman–Crippen MR) is 92.2 cm³/mol. The second-order valence-electron chi connectivity index (χ2n) is 5.54. The van der Waals surface area contributed by atoms with Crippen LogP contribution in [0.25, 0.3) is 0 Å². The molecule has 3 nitrogen and oxygen atoms in total. The molecule has 0 aliphatic heterocycles. The lowest BCUT2D eigenvalue weighted by molar-refractivity contribution is -0.119. The van der Waals surface area contributed by atoms with Crippen molar-refractivity contribution in [2.24, 2.45) is 0 Å². The van der Waals surface area contributed by atoms with Crippen molar-refractivity contribution in [3.8, 4) is 0 Å². The largest absolute Gasteiger partial charge is 0.362 e. The van der Waals surface area contributed by atoms with E-state index in [2.05, 4.69) is 11.4 Å². The summed E-state index contributed by atoms with van der Waals surface area (Å²) in [4.78, 5) is 14.1. The SMILES string of the molecule is CCN(CC(=O)NCCc1ccccc1F)c1cccc(C)c1. The molecule has 0 saturated carbocycles. The Kier molecular flexibility index (Phi) is 6.15. The monoisotopic (exact) mass is 314 g/mol. The van der Waals surface area contributed by atoms with Gasteiger partial charge < -0.3 is 10.2 Å². The Morgan fingerprint density at radius 3 is 2.65 bits per heavy atom. The number of carbonyl (C=O) groups excluding carboxylic acids is 1. The minimum absolute atomic E-state index is 0.0512. The number of likely N-dealkylation sites (N-methyl/N-ethyl adjacent to an activating group) is 1. The Morgan fingerprint density at radius 1 is 1.17 bits per heavy atom. The third kappa shape index (κ3) is 5.09. The van der Waals surface area contributed by atoms with Gasteiger partial charge in [0.2, 0.25) is 5.91 Å². The third-order valence-corrected chi connectivity index (χ3v) is 3.76. The summed E-state index contributed by atoms with van der Waals surface area (Å²) in [5.74, 6) is -0.276. The minimum atomic E-state index is -0.225. The molecule has 4 heteroatoms. The molecule has 0 radical (unpaired) electrons. The molecule has 0 fully saturated rings. The van der Waals surface area contributed by atoms with Gasteiger partial charge in [-0.05, 0) is 49.6 Å². The topological polar surface area (TPSA) is 32.3 Å². The molecule has 2 aromatic carbocycles. The van der Waals surface area contributed by atoms with Gasteiger partial charge in [-0.25, -0.2) is 4.39 Å². The number of hydrogen-bond donors (Lipinski definition) is 1. The maximum absolute atomic E-state index is 13.5. The van der Waals surface area contributed by atoms with Crippen LogP contribution in [0.4, 0.5) is 10.1 Å². The number of aryl methyl sites for hydroxylation is 1. The van der Waals surface area contributed by atoms with Crippen molar-refractivity contribution in [2.45, 2.75) is 20.3 Å². The van der Waals surface area contributed by atoms with Crippen molar-refractivity contribution in [1.82, 2.24) is 5.32 Å². The van der Waals surface area contributed by atoms with Crippen LogP contribution in [-0.2, 0) is 11.2 Å². The molecular weight excluding hydrogens is 291 g/mol. The Labute approximate surface area is 137 Å². The summed E-state index contributed by atoms with van der Waals surface area (Å²) in [6.07, 6.45) is 0.495. The van der Waals surface area contributed by atoms with E-state index in [4.69, 9.17) is 0 Å². The number of nitrogens with zero attached hydrogens (tertiary/aromatic N) is 1. The summed E-state index contributed by atoms with van der Waals surface area (Å²) in [5, 5.41) is 2.86. The van der Waals surface area contributed by atoms with E-state index >= 15 is 0 Å². The Morgan fingerprint density at radius 2 is 1.96 bits per heavy atom.